The monoisotopic (exact) mass is 486 g/mol. The maximum absolute atomic E-state index is 2.39. The Morgan fingerprint density at radius 2 is 0.892 bits per heavy atom. The minimum absolute atomic E-state index is 1.27. The molecule has 1 heterocycles. The van der Waals surface area contributed by atoms with E-state index in [1.165, 1.54) is 74.7 Å². The summed E-state index contributed by atoms with van der Waals surface area (Å²) in [5.74, 6) is 0. The summed E-state index contributed by atoms with van der Waals surface area (Å²) in [6, 6.07) is 48.9. The molecule has 37 heavy (non-hydrogen) atoms. The second-order valence-corrected chi connectivity index (χ2v) is 10.7. The van der Waals surface area contributed by atoms with Gasteiger partial charge in [-0.3, -0.25) is 0 Å². The Labute approximate surface area is 219 Å². The third kappa shape index (κ3) is 3.15. The van der Waals surface area contributed by atoms with Crippen LogP contribution in [0.25, 0.3) is 74.7 Å². The fraction of sp³-hybridized carbons (Fsp3) is 0. The highest BCUT2D eigenvalue weighted by Gasteiger charge is 2.14. The van der Waals surface area contributed by atoms with Crippen LogP contribution in [0.3, 0.4) is 0 Å². The summed E-state index contributed by atoms with van der Waals surface area (Å²) in [6.07, 6.45) is 0. The lowest BCUT2D eigenvalue weighted by atomic mass is 9.94. The van der Waals surface area contributed by atoms with E-state index >= 15 is 0 Å². The van der Waals surface area contributed by atoms with Gasteiger partial charge in [-0.2, -0.15) is 0 Å². The van der Waals surface area contributed by atoms with E-state index in [4.69, 9.17) is 0 Å². The molecule has 0 saturated carbocycles. The molecule has 0 bridgehead atoms. The van der Waals surface area contributed by atoms with Crippen molar-refractivity contribution in [2.45, 2.75) is 0 Å². The van der Waals surface area contributed by atoms with Crippen LogP contribution in [0.5, 0.6) is 0 Å². The quantitative estimate of drug-likeness (QED) is 0.213. The third-order valence-electron chi connectivity index (χ3n) is 7.66. The Morgan fingerprint density at radius 3 is 1.65 bits per heavy atom. The predicted molar refractivity (Wildman–Crippen MR) is 163 cm³/mol. The van der Waals surface area contributed by atoms with Crippen molar-refractivity contribution in [1.29, 1.82) is 0 Å². The first-order valence-electron chi connectivity index (χ1n) is 12.7. The van der Waals surface area contributed by atoms with Crippen LogP contribution >= 0.6 is 11.3 Å². The maximum Gasteiger partial charge on any atom is 0.0434 e. The molecule has 172 valence electrons. The van der Waals surface area contributed by atoms with Gasteiger partial charge in [-0.15, -0.1) is 11.3 Å². The van der Waals surface area contributed by atoms with Crippen LogP contribution in [0.2, 0.25) is 0 Å². The van der Waals surface area contributed by atoms with Gasteiger partial charge in [0, 0.05) is 20.2 Å². The van der Waals surface area contributed by atoms with Crippen molar-refractivity contribution in [2.75, 3.05) is 0 Å². The highest BCUT2D eigenvalue weighted by Crippen LogP contribution is 2.44. The highest BCUT2D eigenvalue weighted by atomic mass is 32.1. The molecule has 0 N–H and O–H groups in total. The molecule has 0 radical (unpaired) electrons. The van der Waals surface area contributed by atoms with Gasteiger partial charge in [-0.25, -0.2) is 0 Å². The molecule has 1 aromatic heterocycles. The Hall–Kier alpha value is -4.46. The van der Waals surface area contributed by atoms with Crippen molar-refractivity contribution in [2.24, 2.45) is 0 Å². The number of hydrogen-bond donors (Lipinski definition) is 0. The predicted octanol–water partition coefficient (Wildman–Crippen LogP) is 10.8. The molecule has 0 spiro atoms. The van der Waals surface area contributed by atoms with Crippen molar-refractivity contribution in [3.05, 3.63) is 133 Å². The Balaban J connectivity index is 1.39. The van der Waals surface area contributed by atoms with E-state index in [1.807, 2.05) is 11.3 Å². The summed E-state index contributed by atoms with van der Waals surface area (Å²) < 4.78 is 2.71. The number of benzene rings is 7. The van der Waals surface area contributed by atoms with Gasteiger partial charge in [0.1, 0.15) is 0 Å². The van der Waals surface area contributed by atoms with Gasteiger partial charge in [-0.1, -0.05) is 127 Å². The number of fused-ring (bicyclic) bond motifs is 8. The summed E-state index contributed by atoms with van der Waals surface area (Å²) >= 11 is 1.92. The highest BCUT2D eigenvalue weighted by molar-refractivity contribution is 7.26. The van der Waals surface area contributed by atoms with Crippen molar-refractivity contribution in [3.8, 4) is 22.3 Å². The normalized spacial score (nSPS) is 11.8. The second-order valence-electron chi connectivity index (χ2n) is 9.72. The van der Waals surface area contributed by atoms with Crippen LogP contribution in [0.15, 0.2) is 133 Å². The Bertz CT molecular complexity index is 2130. The number of rotatable bonds is 2. The molecular formula is C36H22S. The van der Waals surface area contributed by atoms with E-state index in [0.29, 0.717) is 0 Å². The van der Waals surface area contributed by atoms with Crippen LogP contribution < -0.4 is 0 Å². The molecule has 0 aliphatic rings. The standard InChI is InChI=1S/C36H22S/c1-2-8-23(9-3-1)28-12-6-14-32-33-15-7-13-29(36(33)37-35(28)32)26-17-16-25-19-20-30-27-11-5-4-10-24(27)18-21-31(30)34(25)22-26/h1-22H. The molecule has 0 unspecified atom stereocenters. The van der Waals surface area contributed by atoms with Crippen LogP contribution in [0.4, 0.5) is 0 Å². The van der Waals surface area contributed by atoms with E-state index in [1.54, 1.807) is 0 Å². The lowest BCUT2D eigenvalue weighted by molar-refractivity contribution is 1.67. The molecule has 8 aromatic rings. The van der Waals surface area contributed by atoms with Gasteiger partial charge in [0.2, 0.25) is 0 Å². The van der Waals surface area contributed by atoms with Gasteiger partial charge in [0.05, 0.1) is 0 Å². The smallest absolute Gasteiger partial charge is 0.0434 e. The van der Waals surface area contributed by atoms with Gasteiger partial charge in [0.15, 0.2) is 0 Å². The number of thiophene rings is 1. The largest absolute Gasteiger partial charge is 0.134 e. The van der Waals surface area contributed by atoms with Crippen molar-refractivity contribution >= 4 is 63.8 Å². The fourth-order valence-electron chi connectivity index (χ4n) is 5.88. The van der Waals surface area contributed by atoms with E-state index in [-0.39, 0.29) is 0 Å². The minimum atomic E-state index is 1.27. The lowest BCUT2D eigenvalue weighted by Gasteiger charge is -2.10. The second kappa shape index (κ2) is 8.03. The summed E-state index contributed by atoms with van der Waals surface area (Å²) in [5, 5.41) is 10.5. The molecule has 0 atom stereocenters. The van der Waals surface area contributed by atoms with E-state index in [9.17, 15) is 0 Å². The van der Waals surface area contributed by atoms with Crippen LogP contribution in [0, 0.1) is 0 Å². The summed E-state index contributed by atoms with van der Waals surface area (Å²) in [4.78, 5) is 0. The zero-order chi connectivity index (χ0) is 24.3. The van der Waals surface area contributed by atoms with Crippen molar-refractivity contribution < 1.29 is 0 Å². The topological polar surface area (TPSA) is 0 Å². The van der Waals surface area contributed by atoms with Gasteiger partial charge < -0.3 is 0 Å². The molecule has 1 heteroatoms. The lowest BCUT2D eigenvalue weighted by Crippen LogP contribution is -1.83. The van der Waals surface area contributed by atoms with Gasteiger partial charge in [0.25, 0.3) is 0 Å². The summed E-state index contributed by atoms with van der Waals surface area (Å²) in [6.45, 7) is 0. The van der Waals surface area contributed by atoms with Gasteiger partial charge in [-0.05, 0) is 60.6 Å². The Kier molecular flexibility index (Phi) is 4.49. The molecule has 0 aliphatic carbocycles. The molecule has 0 aliphatic heterocycles. The minimum Gasteiger partial charge on any atom is -0.134 e. The zero-order valence-electron chi connectivity index (χ0n) is 20.1. The molecule has 0 saturated heterocycles. The molecule has 0 fully saturated rings. The average Bonchev–Trinajstić information content (AvgIpc) is 3.36. The van der Waals surface area contributed by atoms with Crippen LogP contribution in [0.1, 0.15) is 0 Å². The average molecular weight is 487 g/mol. The van der Waals surface area contributed by atoms with Crippen molar-refractivity contribution in [1.82, 2.24) is 0 Å². The van der Waals surface area contributed by atoms with Crippen molar-refractivity contribution in [3.63, 3.8) is 0 Å². The number of hydrogen-bond acceptors (Lipinski definition) is 1. The maximum atomic E-state index is 2.39. The first-order chi connectivity index (χ1) is 18.3. The Morgan fingerprint density at radius 1 is 0.324 bits per heavy atom. The van der Waals surface area contributed by atoms with E-state index in [0.717, 1.165) is 0 Å². The summed E-state index contributed by atoms with van der Waals surface area (Å²) in [7, 11) is 0. The molecule has 8 rings (SSSR count). The first-order valence-corrected chi connectivity index (χ1v) is 13.5. The first kappa shape index (κ1) is 20.7. The van der Waals surface area contributed by atoms with Crippen LogP contribution in [-0.4, -0.2) is 0 Å². The van der Waals surface area contributed by atoms with E-state index < -0.39 is 0 Å². The summed E-state index contributed by atoms with van der Waals surface area (Å²) in [5.41, 5.74) is 5.15. The third-order valence-corrected chi connectivity index (χ3v) is 8.95. The van der Waals surface area contributed by atoms with Crippen LogP contribution in [-0.2, 0) is 0 Å². The molecular weight excluding hydrogens is 464 g/mol. The molecule has 0 nitrogen and oxygen atoms in total. The molecule has 7 aromatic carbocycles. The zero-order valence-corrected chi connectivity index (χ0v) is 20.9. The van der Waals surface area contributed by atoms with E-state index in [2.05, 4.69) is 133 Å². The SMILES string of the molecule is c1ccc(-c2cccc3c2sc2c(-c4ccc5ccc6c7ccccc7ccc6c5c4)cccc23)cc1. The molecule has 0 amide bonds. The van der Waals surface area contributed by atoms with Gasteiger partial charge >= 0.3 is 0 Å². The fourth-order valence-corrected chi connectivity index (χ4v) is 7.25.